The maximum absolute atomic E-state index is 13.5. The van der Waals surface area contributed by atoms with Crippen LogP contribution in [0.3, 0.4) is 0 Å². The highest BCUT2D eigenvalue weighted by atomic mass is 32.1. The molecule has 1 aliphatic rings. The molecule has 1 saturated heterocycles. The molecule has 0 aliphatic carbocycles. The van der Waals surface area contributed by atoms with Crippen molar-refractivity contribution in [3.63, 3.8) is 0 Å². The number of anilines is 1. The van der Waals surface area contributed by atoms with Gasteiger partial charge in [-0.2, -0.15) is 13.2 Å². The van der Waals surface area contributed by atoms with Crippen molar-refractivity contribution < 1.29 is 56.9 Å². The first-order chi connectivity index (χ1) is 22.6. The fourth-order valence-corrected chi connectivity index (χ4v) is 5.77. The number of aromatic nitrogens is 1. The number of likely N-dealkylation sites (N-methyl/N-ethyl adjacent to an activating group) is 1. The van der Waals surface area contributed by atoms with Gasteiger partial charge in [-0.25, -0.2) is 14.6 Å². The molecule has 3 atom stereocenters. The van der Waals surface area contributed by atoms with E-state index in [1.54, 1.807) is 31.2 Å². The quantitative estimate of drug-likeness (QED) is 0.157. The number of alkyl halides is 3. The van der Waals surface area contributed by atoms with E-state index >= 15 is 0 Å². The number of benzene rings is 2. The minimum atomic E-state index is -5.19. The number of nitrogens with one attached hydrogen (secondary N) is 3. The molecule has 2 aromatic carbocycles. The number of likely N-dealkylation sites (tertiary alicyclic amines) is 1. The number of carbonyl (C=O) groups is 4. The summed E-state index contributed by atoms with van der Waals surface area (Å²) in [5.74, 6) is -3.58. The molecule has 5 N–H and O–H groups in total. The van der Waals surface area contributed by atoms with Crippen molar-refractivity contribution in [2.45, 2.75) is 51.0 Å². The van der Waals surface area contributed by atoms with E-state index in [0.29, 0.717) is 11.0 Å². The zero-order valence-corrected chi connectivity index (χ0v) is 26.9. The zero-order valence-electron chi connectivity index (χ0n) is 26.1. The Morgan fingerprint density at radius 2 is 1.79 bits per heavy atom. The van der Waals surface area contributed by atoms with Crippen LogP contribution in [0.25, 0.3) is 0 Å². The van der Waals surface area contributed by atoms with Gasteiger partial charge in [0, 0.05) is 17.4 Å². The number of ether oxygens (including phenoxy) is 1. The van der Waals surface area contributed by atoms with Crippen molar-refractivity contribution >= 4 is 40.3 Å². The summed E-state index contributed by atoms with van der Waals surface area (Å²) in [6.45, 7) is 4.27. The van der Waals surface area contributed by atoms with Gasteiger partial charge in [0.25, 0.3) is 0 Å². The number of thiazole rings is 1. The molecule has 260 valence electrons. The number of carboxylic acids is 1. The summed E-state index contributed by atoms with van der Waals surface area (Å²) < 4.78 is 37.2. The Bertz CT molecular complexity index is 1570. The van der Waals surface area contributed by atoms with E-state index in [0.717, 1.165) is 48.4 Å². The number of hydrogen-bond acceptors (Lipinski definition) is 10. The van der Waals surface area contributed by atoms with Gasteiger partial charge in [-0.1, -0.05) is 24.3 Å². The number of urea groups is 1. The number of aromatic hydroxyl groups is 2. The first-order valence-corrected chi connectivity index (χ1v) is 15.6. The lowest BCUT2D eigenvalue weighted by Gasteiger charge is -2.42. The number of aliphatic carboxylic acids is 1. The molecule has 4 rings (SSSR count). The standard InChI is InChI=1S/C29H35N5O6S.C2HF3O2/c1-3-40-27(38)25-18-41-29(32-25)33-28(39)31-24(15-19-9-11-22(35)12-10-19)26(37)30-21-7-5-13-34(2,17-21)16-20-6-4-8-23(36)14-20;3-2(4,5)1(6)7/h4,6,8-12,14,18,21,24H,3,5,7,13,15-17H2,1-2H3,(H4-,30,31,32,33,35,36,37,39);(H,6,7)/t21-,24-,34?;/m0./s1. The largest absolute Gasteiger partial charge is 0.542 e. The predicted molar refractivity (Wildman–Crippen MR) is 166 cm³/mol. The highest BCUT2D eigenvalue weighted by molar-refractivity contribution is 7.14. The number of hydrogen-bond donors (Lipinski definition) is 5. The number of amides is 3. The van der Waals surface area contributed by atoms with Gasteiger partial charge in [-0.05, 0) is 49.6 Å². The maximum atomic E-state index is 13.5. The van der Waals surface area contributed by atoms with Gasteiger partial charge in [-0.3, -0.25) is 10.1 Å². The lowest BCUT2D eigenvalue weighted by molar-refractivity contribution is -0.927. The Labute approximate surface area is 278 Å². The molecule has 1 aliphatic heterocycles. The number of quaternary nitrogens is 1. The van der Waals surface area contributed by atoms with Crippen LogP contribution in [0.1, 0.15) is 41.4 Å². The number of rotatable bonds is 10. The number of piperidine rings is 1. The zero-order chi connectivity index (χ0) is 35.5. The van der Waals surface area contributed by atoms with Gasteiger partial charge < -0.3 is 40.0 Å². The van der Waals surface area contributed by atoms with E-state index in [4.69, 9.17) is 14.6 Å². The molecule has 48 heavy (non-hydrogen) atoms. The van der Waals surface area contributed by atoms with Crippen LogP contribution in [-0.4, -0.2) is 88.6 Å². The highest BCUT2D eigenvalue weighted by Crippen LogP contribution is 2.23. The second-order valence-electron chi connectivity index (χ2n) is 11.3. The topological polar surface area (TPSA) is 190 Å². The van der Waals surface area contributed by atoms with E-state index in [2.05, 4.69) is 28.0 Å². The average molecular weight is 696 g/mol. The molecule has 0 spiro atoms. The van der Waals surface area contributed by atoms with Gasteiger partial charge >= 0.3 is 18.2 Å². The Hall–Kier alpha value is -4.90. The highest BCUT2D eigenvalue weighted by Gasteiger charge is 2.34. The van der Waals surface area contributed by atoms with Crippen LogP contribution in [-0.2, 0) is 27.3 Å². The molecule has 13 nitrogen and oxygen atoms in total. The van der Waals surface area contributed by atoms with Gasteiger partial charge in [-0.15, -0.1) is 11.3 Å². The molecule has 2 heterocycles. The van der Waals surface area contributed by atoms with Crippen LogP contribution in [0, 0.1) is 0 Å². The summed E-state index contributed by atoms with van der Waals surface area (Å²) in [6.07, 6.45) is -3.26. The summed E-state index contributed by atoms with van der Waals surface area (Å²) in [6, 6.07) is 12.0. The normalized spacial score (nSPS) is 18.0. The molecule has 3 amide bonds. The molecule has 0 bridgehead atoms. The fourth-order valence-electron chi connectivity index (χ4n) is 5.09. The number of nitrogens with zero attached hydrogens (tertiary/aromatic N) is 2. The fraction of sp³-hybridized carbons (Fsp3) is 0.387. The van der Waals surface area contributed by atoms with E-state index in [1.165, 1.54) is 17.5 Å². The molecule has 0 radical (unpaired) electrons. The third-order valence-electron chi connectivity index (χ3n) is 7.17. The molecule has 3 aromatic rings. The van der Waals surface area contributed by atoms with Crippen molar-refractivity contribution in [3.8, 4) is 11.5 Å². The maximum Gasteiger partial charge on any atom is 0.430 e. The summed E-state index contributed by atoms with van der Waals surface area (Å²) >= 11 is 1.07. The molecular weight excluding hydrogens is 659 g/mol. The van der Waals surface area contributed by atoms with Crippen molar-refractivity contribution in [2.24, 2.45) is 0 Å². The lowest BCUT2D eigenvalue weighted by Crippen LogP contribution is -2.59. The molecule has 1 aromatic heterocycles. The third-order valence-corrected chi connectivity index (χ3v) is 7.93. The predicted octanol–water partition coefficient (Wildman–Crippen LogP) is 2.69. The van der Waals surface area contributed by atoms with E-state index in [1.807, 2.05) is 12.1 Å². The Balaban J connectivity index is 0.000000804. The monoisotopic (exact) mass is 695 g/mol. The van der Waals surface area contributed by atoms with Gasteiger partial charge in [0.15, 0.2) is 10.8 Å². The van der Waals surface area contributed by atoms with Crippen LogP contribution < -0.4 is 21.1 Å². The molecule has 1 unspecified atom stereocenters. The number of carboxylic acid groups (broad SMARTS) is 1. The summed E-state index contributed by atoms with van der Waals surface area (Å²) in [7, 11) is 2.14. The Morgan fingerprint density at radius 1 is 1.10 bits per heavy atom. The van der Waals surface area contributed by atoms with Crippen LogP contribution in [0.2, 0.25) is 0 Å². The number of phenolic OH excluding ortho intramolecular Hbond substituents is 2. The number of halogens is 3. The number of phenols is 2. The smallest absolute Gasteiger partial charge is 0.430 e. The minimum absolute atomic E-state index is 0.0923. The molecule has 1 fully saturated rings. The van der Waals surface area contributed by atoms with E-state index in [-0.39, 0.29) is 47.3 Å². The van der Waals surface area contributed by atoms with Gasteiger partial charge in [0.2, 0.25) is 5.91 Å². The second kappa shape index (κ2) is 16.8. The Kier molecular flexibility index (Phi) is 13.1. The number of carbonyl (C=O) groups excluding carboxylic acids is 4. The van der Waals surface area contributed by atoms with Crippen LogP contribution >= 0.6 is 11.3 Å². The van der Waals surface area contributed by atoms with Gasteiger partial charge in [0.1, 0.15) is 30.1 Å². The van der Waals surface area contributed by atoms with Crippen molar-refractivity contribution in [2.75, 3.05) is 32.1 Å². The summed E-state index contributed by atoms with van der Waals surface area (Å²) in [5, 5.41) is 38.5. The summed E-state index contributed by atoms with van der Waals surface area (Å²) in [5.41, 5.74) is 1.88. The average Bonchev–Trinajstić information content (AvgIpc) is 3.46. The SMILES string of the molecule is CCOC(=O)c1csc(NC(=O)N[C@@H](Cc2ccc(O)cc2)C(=O)N[C@H]2CCC[N+](C)(Cc3cccc(O)c3)C2)n1.O=C([O-])C(F)(F)F. The Morgan fingerprint density at radius 3 is 2.42 bits per heavy atom. The first kappa shape index (κ1) is 37.6. The molecule has 0 saturated carbocycles. The van der Waals surface area contributed by atoms with E-state index in [9.17, 15) is 37.8 Å². The molecular formula is C31H36F3N5O8S. The van der Waals surface area contributed by atoms with E-state index < -0.39 is 30.2 Å². The van der Waals surface area contributed by atoms with Gasteiger partial charge in [0.05, 0.1) is 32.8 Å². The van der Waals surface area contributed by atoms with Crippen molar-refractivity contribution in [1.29, 1.82) is 0 Å². The van der Waals surface area contributed by atoms with Crippen LogP contribution in [0.15, 0.2) is 53.9 Å². The second-order valence-corrected chi connectivity index (χ2v) is 12.1. The third kappa shape index (κ3) is 12.0. The molecule has 17 heteroatoms. The van der Waals surface area contributed by atoms with Crippen LogP contribution in [0.4, 0.5) is 23.1 Å². The van der Waals surface area contributed by atoms with Crippen molar-refractivity contribution in [1.82, 2.24) is 15.6 Å². The van der Waals surface area contributed by atoms with Crippen LogP contribution in [0.5, 0.6) is 11.5 Å². The lowest BCUT2D eigenvalue weighted by atomic mass is 10.00. The van der Waals surface area contributed by atoms with Crippen molar-refractivity contribution in [3.05, 3.63) is 70.7 Å². The summed E-state index contributed by atoms with van der Waals surface area (Å²) in [4.78, 5) is 51.2. The minimum Gasteiger partial charge on any atom is -0.542 e. The first-order valence-electron chi connectivity index (χ1n) is 14.7. The number of esters is 1.